The predicted octanol–water partition coefficient (Wildman–Crippen LogP) is 6.52. The highest BCUT2D eigenvalue weighted by Crippen LogP contribution is 2.44. The predicted molar refractivity (Wildman–Crippen MR) is 145 cm³/mol. The quantitative estimate of drug-likeness (QED) is 0.432. The fraction of sp³-hybridized carbons (Fsp3) is 0.438. The third kappa shape index (κ3) is 5.45. The largest absolute Gasteiger partial charge is 0.485 e. The van der Waals surface area contributed by atoms with Crippen LogP contribution >= 0.6 is 0 Å². The van der Waals surface area contributed by atoms with E-state index in [4.69, 9.17) is 9.47 Å². The van der Waals surface area contributed by atoms with Gasteiger partial charge in [-0.15, -0.1) is 0 Å². The van der Waals surface area contributed by atoms with Crippen molar-refractivity contribution in [3.05, 3.63) is 93.0 Å². The van der Waals surface area contributed by atoms with Gasteiger partial charge in [0, 0.05) is 18.6 Å². The second kappa shape index (κ2) is 10.3. The first kappa shape index (κ1) is 24.9. The number of piperidine rings is 1. The zero-order chi connectivity index (χ0) is 25.4. The van der Waals surface area contributed by atoms with Crippen LogP contribution in [0.4, 0.5) is 0 Å². The first-order chi connectivity index (χ1) is 17.2. The molecular formula is C32H39NO3. The Morgan fingerprint density at radius 2 is 1.28 bits per heavy atom. The van der Waals surface area contributed by atoms with E-state index in [1.165, 1.54) is 38.9 Å². The van der Waals surface area contributed by atoms with Crippen molar-refractivity contribution in [2.75, 3.05) is 6.54 Å². The minimum absolute atomic E-state index is 0.226. The zero-order valence-corrected chi connectivity index (χ0v) is 22.3. The molecule has 1 saturated heterocycles. The molecular weight excluding hydrogens is 446 g/mol. The van der Waals surface area contributed by atoms with Crippen molar-refractivity contribution in [2.24, 2.45) is 0 Å². The van der Waals surface area contributed by atoms with Crippen LogP contribution in [0, 0.1) is 27.7 Å². The Hall–Kier alpha value is -2.82. The van der Waals surface area contributed by atoms with Gasteiger partial charge in [0.05, 0.1) is 6.10 Å². The first-order valence-corrected chi connectivity index (χ1v) is 13.3. The third-order valence-electron chi connectivity index (χ3n) is 7.63. The van der Waals surface area contributed by atoms with Crippen LogP contribution in [0.25, 0.3) is 0 Å². The monoisotopic (exact) mass is 485 g/mol. The Morgan fingerprint density at radius 3 is 1.83 bits per heavy atom. The molecule has 2 heterocycles. The second-order valence-electron chi connectivity index (χ2n) is 11.0. The van der Waals surface area contributed by atoms with E-state index in [0.29, 0.717) is 19.3 Å². The summed E-state index contributed by atoms with van der Waals surface area (Å²) in [5.41, 5.74) is 9.89. The number of rotatable bonds is 6. The molecule has 0 spiro atoms. The Labute approximate surface area is 215 Å². The summed E-state index contributed by atoms with van der Waals surface area (Å²) in [6, 6.07) is 18.1. The van der Waals surface area contributed by atoms with Crippen LogP contribution in [-0.4, -0.2) is 28.7 Å². The van der Waals surface area contributed by atoms with Crippen molar-refractivity contribution in [2.45, 2.75) is 85.3 Å². The summed E-state index contributed by atoms with van der Waals surface area (Å²) < 4.78 is 12.9. The molecule has 3 atom stereocenters. The Kier molecular flexibility index (Phi) is 7.09. The number of hydrogen-bond acceptors (Lipinski definition) is 4. The van der Waals surface area contributed by atoms with Crippen LogP contribution in [0.1, 0.15) is 70.3 Å². The van der Waals surface area contributed by atoms with Crippen molar-refractivity contribution >= 4 is 0 Å². The fourth-order valence-corrected chi connectivity index (χ4v) is 6.25. The van der Waals surface area contributed by atoms with Crippen LogP contribution in [-0.2, 0) is 19.6 Å². The van der Waals surface area contributed by atoms with Gasteiger partial charge in [-0.25, -0.2) is 0 Å². The summed E-state index contributed by atoms with van der Waals surface area (Å²) in [4.78, 5) is 2.55. The maximum atomic E-state index is 10.5. The van der Waals surface area contributed by atoms with Crippen LogP contribution < -0.4 is 9.47 Å². The molecule has 1 N–H and O–H groups in total. The van der Waals surface area contributed by atoms with Crippen molar-refractivity contribution in [3.8, 4) is 11.5 Å². The lowest BCUT2D eigenvalue weighted by molar-refractivity contribution is 0.000925. The number of aryl methyl sites for hydroxylation is 4. The lowest BCUT2D eigenvalue weighted by Crippen LogP contribution is -2.48. The average molecular weight is 486 g/mol. The van der Waals surface area contributed by atoms with Crippen molar-refractivity contribution in [1.29, 1.82) is 0 Å². The van der Waals surface area contributed by atoms with E-state index in [2.05, 4.69) is 88.0 Å². The number of aliphatic hydroxyl groups excluding tert-OH is 1. The molecule has 0 radical (unpaired) electrons. The van der Waals surface area contributed by atoms with E-state index < -0.39 is 0 Å². The molecule has 0 amide bonds. The highest BCUT2D eigenvalue weighted by atomic mass is 16.5. The van der Waals surface area contributed by atoms with E-state index in [0.717, 1.165) is 42.9 Å². The minimum atomic E-state index is -0.257. The summed E-state index contributed by atoms with van der Waals surface area (Å²) in [7, 11) is 0. The topological polar surface area (TPSA) is 41.9 Å². The molecule has 4 nitrogen and oxygen atoms in total. The average Bonchev–Trinajstić information content (AvgIpc) is 2.79. The van der Waals surface area contributed by atoms with Gasteiger partial charge in [-0.1, -0.05) is 58.7 Å². The van der Waals surface area contributed by atoms with E-state index in [-0.39, 0.29) is 12.1 Å². The summed E-state index contributed by atoms with van der Waals surface area (Å²) in [5.74, 6) is 1.59. The van der Waals surface area contributed by atoms with Gasteiger partial charge in [-0.2, -0.15) is 0 Å². The molecule has 3 aromatic rings. The second-order valence-corrected chi connectivity index (χ2v) is 11.0. The van der Waals surface area contributed by atoms with Gasteiger partial charge in [0.1, 0.15) is 13.2 Å². The molecule has 5 rings (SSSR count). The maximum absolute atomic E-state index is 10.5. The number of aliphatic hydroxyl groups is 1. The van der Waals surface area contributed by atoms with Gasteiger partial charge in [0.25, 0.3) is 0 Å². The van der Waals surface area contributed by atoms with Crippen molar-refractivity contribution in [3.63, 3.8) is 0 Å². The molecule has 4 heteroatoms. The smallest absolute Gasteiger partial charge is 0.162 e. The molecule has 0 saturated carbocycles. The van der Waals surface area contributed by atoms with Gasteiger partial charge < -0.3 is 14.6 Å². The maximum Gasteiger partial charge on any atom is 0.162 e. The summed E-state index contributed by atoms with van der Waals surface area (Å²) >= 11 is 0. The van der Waals surface area contributed by atoms with Crippen molar-refractivity contribution < 1.29 is 14.6 Å². The third-order valence-corrected chi connectivity index (χ3v) is 7.63. The normalized spacial score (nSPS) is 21.6. The Balaban J connectivity index is 1.46. The van der Waals surface area contributed by atoms with Gasteiger partial charge in [0.2, 0.25) is 0 Å². The standard InChI is InChI=1S/C32H39NO3/c1-20-8-21(2)11-25(10-20)18-35-31-15-27-6-7-33-24(5)14-28(34)16-30(33)29(27)17-32(31)36-19-26-12-22(3)9-23(4)13-26/h8-13,15,17,24,28,30,34H,6-7,14,16,18-19H2,1-5H3/t24-,28+,30+/m1/s1. The lowest BCUT2D eigenvalue weighted by Gasteiger charge is -2.46. The summed E-state index contributed by atoms with van der Waals surface area (Å²) in [6.07, 6.45) is 2.35. The minimum Gasteiger partial charge on any atom is -0.485 e. The van der Waals surface area contributed by atoms with E-state index in [1.54, 1.807) is 0 Å². The number of benzene rings is 3. The van der Waals surface area contributed by atoms with Gasteiger partial charge >= 0.3 is 0 Å². The lowest BCUT2D eigenvalue weighted by atomic mass is 9.83. The zero-order valence-electron chi connectivity index (χ0n) is 22.3. The van der Waals surface area contributed by atoms with Crippen LogP contribution in [0.5, 0.6) is 11.5 Å². The first-order valence-electron chi connectivity index (χ1n) is 13.3. The molecule has 36 heavy (non-hydrogen) atoms. The van der Waals surface area contributed by atoms with E-state index in [9.17, 15) is 5.11 Å². The molecule has 190 valence electrons. The molecule has 3 aromatic carbocycles. The van der Waals surface area contributed by atoms with Gasteiger partial charge in [0.15, 0.2) is 11.5 Å². The highest BCUT2D eigenvalue weighted by molar-refractivity contribution is 5.50. The fourth-order valence-electron chi connectivity index (χ4n) is 6.25. The van der Waals surface area contributed by atoms with Gasteiger partial charge in [-0.05, 0) is 88.3 Å². The van der Waals surface area contributed by atoms with E-state index in [1.807, 2.05) is 0 Å². The number of fused-ring (bicyclic) bond motifs is 3. The summed E-state index contributed by atoms with van der Waals surface area (Å²) in [6.45, 7) is 12.7. The molecule has 1 fully saturated rings. The van der Waals surface area contributed by atoms with E-state index >= 15 is 0 Å². The summed E-state index contributed by atoms with van der Waals surface area (Å²) in [5, 5.41) is 10.5. The molecule has 0 aromatic heterocycles. The highest BCUT2D eigenvalue weighted by Gasteiger charge is 2.37. The number of ether oxygens (including phenoxy) is 2. The number of nitrogens with zero attached hydrogens (tertiary/aromatic N) is 1. The Bertz CT molecular complexity index is 1210. The number of hydrogen-bond donors (Lipinski definition) is 1. The van der Waals surface area contributed by atoms with Crippen LogP contribution in [0.3, 0.4) is 0 Å². The molecule has 2 aliphatic rings. The van der Waals surface area contributed by atoms with Crippen LogP contribution in [0.2, 0.25) is 0 Å². The van der Waals surface area contributed by atoms with Crippen molar-refractivity contribution in [1.82, 2.24) is 4.90 Å². The molecule has 0 aliphatic carbocycles. The Morgan fingerprint density at radius 1 is 0.750 bits per heavy atom. The molecule has 0 unspecified atom stereocenters. The van der Waals surface area contributed by atoms with Crippen LogP contribution in [0.15, 0.2) is 48.5 Å². The molecule has 2 aliphatic heterocycles. The van der Waals surface area contributed by atoms with Gasteiger partial charge in [-0.3, -0.25) is 4.90 Å². The SMILES string of the molecule is Cc1cc(C)cc(COc2cc3c(cc2OCc2cc(C)cc(C)c2)[C@@H]2C[C@@H](O)C[C@@H](C)N2CC3)c1. The molecule has 0 bridgehead atoms.